The molecule has 0 atom stereocenters. The Morgan fingerprint density at radius 2 is 1.85 bits per heavy atom. The quantitative estimate of drug-likeness (QED) is 0.839. The van der Waals surface area contributed by atoms with Crippen molar-refractivity contribution in [1.82, 2.24) is 0 Å². The Morgan fingerprint density at radius 3 is 2.45 bits per heavy atom. The molecule has 0 bridgehead atoms. The van der Waals surface area contributed by atoms with Crippen LogP contribution in [0.1, 0.15) is 26.0 Å². The maximum absolute atomic E-state index is 11.6. The molecule has 0 aliphatic carbocycles. The maximum atomic E-state index is 11.6. The molecule has 1 aromatic heterocycles. The smallest absolute Gasteiger partial charge is 0.224 e. The van der Waals surface area contributed by atoms with E-state index < -0.39 is 0 Å². The summed E-state index contributed by atoms with van der Waals surface area (Å²) in [7, 11) is 0. The van der Waals surface area contributed by atoms with Crippen LogP contribution in [-0.4, -0.2) is 5.91 Å². The molecule has 0 saturated carbocycles. The molecule has 1 aromatic carbocycles. The molecule has 2 aromatic rings. The summed E-state index contributed by atoms with van der Waals surface area (Å²) in [6.45, 7) is 4.70. The van der Waals surface area contributed by atoms with E-state index in [1.807, 2.05) is 50.2 Å². The van der Waals surface area contributed by atoms with E-state index in [1.54, 1.807) is 6.26 Å². The first-order valence-corrected chi connectivity index (χ1v) is 6.79. The summed E-state index contributed by atoms with van der Waals surface area (Å²) in [6.07, 6.45) is 2.20. The molecule has 0 saturated heterocycles. The molecule has 0 spiro atoms. The van der Waals surface area contributed by atoms with E-state index in [-0.39, 0.29) is 5.91 Å². The lowest BCUT2D eigenvalue weighted by Crippen LogP contribution is -2.13. The fraction of sp³-hybridized carbons (Fsp3) is 0.312. The highest BCUT2D eigenvalue weighted by molar-refractivity contribution is 5.90. The molecular formula is C16H20N2O2. The Balaban J connectivity index is 1.84. The van der Waals surface area contributed by atoms with Gasteiger partial charge in [0, 0.05) is 17.8 Å². The summed E-state index contributed by atoms with van der Waals surface area (Å²) in [5, 5.41) is 6.14. The highest BCUT2D eigenvalue weighted by Gasteiger charge is 2.05. The Hall–Kier alpha value is -2.23. The second kappa shape index (κ2) is 6.80. The zero-order valence-corrected chi connectivity index (χ0v) is 11.8. The first kappa shape index (κ1) is 14.2. The summed E-state index contributed by atoms with van der Waals surface area (Å²) < 4.78 is 5.25. The van der Waals surface area contributed by atoms with Crippen molar-refractivity contribution < 1.29 is 9.21 Å². The van der Waals surface area contributed by atoms with E-state index in [1.165, 1.54) is 0 Å². The molecule has 1 heterocycles. The lowest BCUT2D eigenvalue weighted by atomic mass is 10.1. The molecule has 0 aliphatic heterocycles. The number of hydrogen-bond donors (Lipinski definition) is 2. The first-order chi connectivity index (χ1) is 9.63. The van der Waals surface area contributed by atoms with Gasteiger partial charge in [0.2, 0.25) is 5.91 Å². The zero-order chi connectivity index (χ0) is 14.4. The number of carbonyl (C=O) groups excluding carboxylic acids is 1. The number of carbonyl (C=O) groups is 1. The third-order valence-electron chi connectivity index (χ3n) is 2.81. The number of furan rings is 1. The van der Waals surface area contributed by atoms with Crippen LogP contribution in [0.2, 0.25) is 0 Å². The number of hydrogen-bond acceptors (Lipinski definition) is 3. The molecule has 106 valence electrons. The van der Waals surface area contributed by atoms with Gasteiger partial charge >= 0.3 is 0 Å². The van der Waals surface area contributed by atoms with E-state index in [0.717, 1.165) is 17.1 Å². The van der Waals surface area contributed by atoms with Gasteiger partial charge in [-0.05, 0) is 42.3 Å². The third-order valence-corrected chi connectivity index (χ3v) is 2.81. The second-order valence-electron chi connectivity index (χ2n) is 5.16. The number of benzene rings is 1. The monoisotopic (exact) mass is 272 g/mol. The molecule has 0 unspecified atom stereocenters. The molecule has 0 fully saturated rings. The molecular weight excluding hydrogens is 252 g/mol. The Labute approximate surface area is 119 Å². The van der Waals surface area contributed by atoms with Crippen molar-refractivity contribution in [2.45, 2.75) is 26.8 Å². The summed E-state index contributed by atoms with van der Waals surface area (Å²) in [5.41, 5.74) is 1.81. The lowest BCUT2D eigenvalue weighted by Gasteiger charge is -2.09. The van der Waals surface area contributed by atoms with Gasteiger partial charge in [-0.1, -0.05) is 13.8 Å². The highest BCUT2D eigenvalue weighted by atomic mass is 16.3. The van der Waals surface area contributed by atoms with Crippen LogP contribution in [0.4, 0.5) is 11.4 Å². The first-order valence-electron chi connectivity index (χ1n) is 6.79. The van der Waals surface area contributed by atoms with Crippen molar-refractivity contribution in [2.75, 3.05) is 10.6 Å². The van der Waals surface area contributed by atoms with Crippen molar-refractivity contribution >= 4 is 17.3 Å². The minimum atomic E-state index is 0.0521. The van der Waals surface area contributed by atoms with E-state index >= 15 is 0 Å². The third kappa shape index (κ3) is 4.46. The van der Waals surface area contributed by atoms with E-state index in [0.29, 0.717) is 18.9 Å². The summed E-state index contributed by atoms with van der Waals surface area (Å²) in [4.78, 5) is 11.6. The van der Waals surface area contributed by atoms with Crippen molar-refractivity contribution in [3.63, 3.8) is 0 Å². The van der Waals surface area contributed by atoms with E-state index in [2.05, 4.69) is 10.6 Å². The average molecular weight is 272 g/mol. The maximum Gasteiger partial charge on any atom is 0.224 e. The van der Waals surface area contributed by atoms with Gasteiger partial charge in [-0.15, -0.1) is 0 Å². The molecule has 2 N–H and O–H groups in total. The molecule has 0 aliphatic rings. The van der Waals surface area contributed by atoms with Crippen LogP contribution in [-0.2, 0) is 11.3 Å². The highest BCUT2D eigenvalue weighted by Crippen LogP contribution is 2.15. The van der Waals surface area contributed by atoms with Crippen LogP contribution in [0.25, 0.3) is 0 Å². The van der Waals surface area contributed by atoms with Gasteiger partial charge in [0.1, 0.15) is 5.76 Å². The summed E-state index contributed by atoms with van der Waals surface area (Å²) in [6, 6.07) is 11.4. The van der Waals surface area contributed by atoms with Crippen LogP contribution >= 0.6 is 0 Å². The Morgan fingerprint density at radius 1 is 1.15 bits per heavy atom. The molecule has 20 heavy (non-hydrogen) atoms. The number of anilines is 2. The Bertz CT molecular complexity index is 530. The van der Waals surface area contributed by atoms with Crippen molar-refractivity contribution in [3.05, 3.63) is 48.4 Å². The molecule has 2 rings (SSSR count). The standard InChI is InChI=1S/C16H20N2O2/c1-12(2)10-16(19)18-14-7-5-13(6-8-14)17-11-15-4-3-9-20-15/h3-9,12,17H,10-11H2,1-2H3,(H,18,19). The van der Waals surface area contributed by atoms with Crippen LogP contribution in [0.3, 0.4) is 0 Å². The van der Waals surface area contributed by atoms with Crippen molar-refractivity contribution in [1.29, 1.82) is 0 Å². The van der Waals surface area contributed by atoms with E-state index in [4.69, 9.17) is 4.42 Å². The predicted octanol–water partition coefficient (Wildman–Crippen LogP) is 3.88. The number of rotatable bonds is 6. The number of nitrogens with one attached hydrogen (secondary N) is 2. The topological polar surface area (TPSA) is 54.3 Å². The van der Waals surface area contributed by atoms with Gasteiger partial charge in [-0.25, -0.2) is 0 Å². The van der Waals surface area contributed by atoms with E-state index in [9.17, 15) is 4.79 Å². The summed E-state index contributed by atoms with van der Waals surface area (Å²) in [5.74, 6) is 1.31. The van der Waals surface area contributed by atoms with Gasteiger partial charge in [-0.2, -0.15) is 0 Å². The average Bonchev–Trinajstić information content (AvgIpc) is 2.90. The predicted molar refractivity (Wildman–Crippen MR) is 80.6 cm³/mol. The minimum absolute atomic E-state index is 0.0521. The molecule has 4 heteroatoms. The molecule has 0 radical (unpaired) electrons. The van der Waals surface area contributed by atoms with Gasteiger partial charge in [0.15, 0.2) is 0 Å². The number of amides is 1. The largest absolute Gasteiger partial charge is 0.467 e. The fourth-order valence-electron chi connectivity index (χ4n) is 1.86. The Kier molecular flexibility index (Phi) is 4.82. The van der Waals surface area contributed by atoms with Crippen molar-refractivity contribution in [3.8, 4) is 0 Å². The zero-order valence-electron chi connectivity index (χ0n) is 11.8. The minimum Gasteiger partial charge on any atom is -0.467 e. The van der Waals surface area contributed by atoms with Gasteiger partial charge in [-0.3, -0.25) is 4.79 Å². The summed E-state index contributed by atoms with van der Waals surface area (Å²) >= 11 is 0. The lowest BCUT2D eigenvalue weighted by molar-refractivity contribution is -0.116. The van der Waals surface area contributed by atoms with Crippen molar-refractivity contribution in [2.24, 2.45) is 5.92 Å². The van der Waals surface area contributed by atoms with Crippen LogP contribution in [0, 0.1) is 5.92 Å². The van der Waals surface area contributed by atoms with Gasteiger partial charge in [0.05, 0.1) is 12.8 Å². The molecule has 4 nitrogen and oxygen atoms in total. The normalized spacial score (nSPS) is 10.6. The molecule has 1 amide bonds. The van der Waals surface area contributed by atoms with Crippen LogP contribution < -0.4 is 10.6 Å². The second-order valence-corrected chi connectivity index (χ2v) is 5.16. The van der Waals surface area contributed by atoms with Gasteiger partial charge in [0.25, 0.3) is 0 Å². The fourth-order valence-corrected chi connectivity index (χ4v) is 1.86. The van der Waals surface area contributed by atoms with Crippen LogP contribution in [0.15, 0.2) is 47.1 Å². The SMILES string of the molecule is CC(C)CC(=O)Nc1ccc(NCc2ccco2)cc1. The van der Waals surface area contributed by atoms with Crippen LogP contribution in [0.5, 0.6) is 0 Å². The van der Waals surface area contributed by atoms with Gasteiger partial charge < -0.3 is 15.1 Å².